The number of pyridine rings is 2. The number of hydrogen-bond donors (Lipinski definition) is 0. The predicted molar refractivity (Wildman–Crippen MR) is 174 cm³/mol. The second kappa shape index (κ2) is 12.3. The van der Waals surface area contributed by atoms with Gasteiger partial charge in [-0.3, -0.25) is 0 Å². The largest absolute Gasteiger partial charge is 0.502 e. The fourth-order valence-corrected chi connectivity index (χ4v) is 5.11. The van der Waals surface area contributed by atoms with E-state index in [1.807, 2.05) is 65.4 Å². The van der Waals surface area contributed by atoms with Gasteiger partial charge >= 0.3 is 6.01 Å². The predicted octanol–water partition coefficient (Wildman–Crippen LogP) is 9.11. The van der Waals surface area contributed by atoms with Gasteiger partial charge in [0.25, 0.3) is 11.4 Å². The summed E-state index contributed by atoms with van der Waals surface area (Å²) in [5.41, 5.74) is 11.3. The van der Waals surface area contributed by atoms with Crippen LogP contribution in [0.2, 0.25) is 0 Å². The number of fused-ring (bicyclic) bond motifs is 4. The Hall–Kier alpha value is -4.99. The van der Waals surface area contributed by atoms with E-state index in [9.17, 15) is 0 Å². The molecule has 7 aromatic rings. The standard InChI is InChI=1S/C24H14N3O.C14H14N.Ir/c1-2-7-17(8-3-1)26-16-27(22-11-5-4-10-21(22)26)18-12-13-23-20(15-18)19-9-6-14-25-24(19)28-23;1-10-4-6-13(7-5-10)14-8-11(2)12(3)9-15-14;/h1-11,13-15H;4-6,8-9H,1-3H3;/q+1;-1;. The summed E-state index contributed by atoms with van der Waals surface area (Å²) in [7, 11) is 0. The van der Waals surface area contributed by atoms with Crippen molar-refractivity contribution in [1.82, 2.24) is 19.1 Å². The number of benzene rings is 4. The molecule has 6 heteroatoms. The van der Waals surface area contributed by atoms with Gasteiger partial charge in [0.15, 0.2) is 0 Å². The molecule has 4 heterocycles. The average Bonchev–Trinajstić information content (AvgIpc) is 3.62. The molecule has 215 valence electrons. The minimum atomic E-state index is 0. The van der Waals surface area contributed by atoms with Crippen LogP contribution in [0, 0.1) is 32.9 Å². The molecule has 0 N–H and O–H groups in total. The first kappa shape index (κ1) is 29.1. The molecular weight excluding hydrogens is 721 g/mol. The number of aromatic nitrogens is 2. The molecule has 0 saturated carbocycles. The van der Waals surface area contributed by atoms with Gasteiger partial charge in [-0.15, -0.1) is 47.5 Å². The number of furan rings is 1. The third-order valence-electron chi connectivity index (χ3n) is 7.60. The second-order valence-electron chi connectivity index (χ2n) is 10.6. The Morgan fingerprint density at radius 2 is 1.48 bits per heavy atom. The number of hydrogen-bond acceptors (Lipinski definition) is 3. The van der Waals surface area contributed by atoms with Crippen molar-refractivity contribution in [2.75, 3.05) is 0 Å². The maximum Gasteiger partial charge on any atom is 0.501 e. The number of aryl methyl sites for hydroxylation is 3. The van der Waals surface area contributed by atoms with E-state index >= 15 is 0 Å². The molecule has 44 heavy (non-hydrogen) atoms. The topological polar surface area (TPSA) is 44.9 Å². The molecule has 0 unspecified atom stereocenters. The van der Waals surface area contributed by atoms with Crippen molar-refractivity contribution in [2.45, 2.75) is 20.8 Å². The first-order valence-corrected chi connectivity index (χ1v) is 14.2. The van der Waals surface area contributed by atoms with E-state index in [-0.39, 0.29) is 20.1 Å². The second-order valence-corrected chi connectivity index (χ2v) is 10.6. The van der Waals surface area contributed by atoms with Crippen molar-refractivity contribution >= 4 is 50.8 Å². The van der Waals surface area contributed by atoms with Gasteiger partial charge in [-0.25, -0.2) is 4.98 Å². The van der Waals surface area contributed by atoms with E-state index in [0.717, 1.165) is 50.4 Å². The van der Waals surface area contributed by atoms with E-state index < -0.39 is 0 Å². The zero-order chi connectivity index (χ0) is 29.3. The van der Waals surface area contributed by atoms with Crippen LogP contribution in [0.1, 0.15) is 16.7 Å². The van der Waals surface area contributed by atoms with E-state index in [1.165, 1.54) is 16.7 Å². The molecule has 1 aliphatic rings. The van der Waals surface area contributed by atoms with Crippen LogP contribution in [-0.2, 0) is 20.1 Å². The summed E-state index contributed by atoms with van der Waals surface area (Å²) in [4.78, 5) is 8.72. The monoisotopic (exact) mass is 749 g/mol. The molecule has 0 saturated heterocycles. The minimum absolute atomic E-state index is 0. The fourth-order valence-electron chi connectivity index (χ4n) is 5.11. The number of nitrogens with zero attached hydrogens (tertiary/aromatic N) is 4. The zero-order valence-corrected chi connectivity index (χ0v) is 26.9. The fraction of sp³-hybridized carbons (Fsp3) is 0.0789. The van der Waals surface area contributed by atoms with Gasteiger partial charge < -0.3 is 9.40 Å². The summed E-state index contributed by atoms with van der Waals surface area (Å²) in [5.74, 6) is 0. The van der Waals surface area contributed by atoms with Gasteiger partial charge in [0.1, 0.15) is 5.69 Å². The molecular formula is C38H28IrN4O. The van der Waals surface area contributed by atoms with Crippen molar-refractivity contribution in [2.24, 2.45) is 0 Å². The van der Waals surface area contributed by atoms with Crippen LogP contribution in [0.3, 0.4) is 0 Å². The van der Waals surface area contributed by atoms with Gasteiger partial charge in [0, 0.05) is 67.7 Å². The van der Waals surface area contributed by atoms with Gasteiger partial charge in [-0.05, 0) is 41.8 Å². The quantitative estimate of drug-likeness (QED) is 0.134. The summed E-state index contributed by atoms with van der Waals surface area (Å²) in [6, 6.07) is 44.7. The molecule has 3 aromatic heterocycles. The van der Waals surface area contributed by atoms with Crippen LogP contribution < -0.4 is 9.15 Å². The summed E-state index contributed by atoms with van der Waals surface area (Å²) in [6.45, 7) is 6.24. The van der Waals surface area contributed by atoms with Crippen molar-refractivity contribution in [3.8, 4) is 11.3 Å². The van der Waals surface area contributed by atoms with E-state index in [1.54, 1.807) is 6.20 Å². The van der Waals surface area contributed by atoms with Crippen LogP contribution in [0.5, 0.6) is 0 Å². The molecule has 5 nitrogen and oxygen atoms in total. The van der Waals surface area contributed by atoms with Gasteiger partial charge in [0.05, 0.1) is 0 Å². The summed E-state index contributed by atoms with van der Waals surface area (Å²) in [6.07, 6.45) is 3.66. The van der Waals surface area contributed by atoms with E-state index in [0.29, 0.717) is 5.71 Å². The van der Waals surface area contributed by atoms with E-state index in [2.05, 4.69) is 102 Å². The minimum Gasteiger partial charge on any atom is -0.502 e. The molecule has 1 radical (unpaired) electrons. The van der Waals surface area contributed by atoms with Crippen molar-refractivity contribution in [1.29, 1.82) is 0 Å². The summed E-state index contributed by atoms with van der Waals surface area (Å²) >= 11 is 0. The van der Waals surface area contributed by atoms with Crippen LogP contribution in [0.15, 0.2) is 120 Å². The Balaban J connectivity index is 0.000000183. The summed E-state index contributed by atoms with van der Waals surface area (Å²) < 4.78 is 9.95. The SMILES string of the molecule is C1=[N+](c2[c-]cc3oc4ncccc4c3c2)c2ccccc2[N+]=1c1ccccc1.Cc1c[c-]c(-c2cc(C)c(C)cn2)cc1.[Ir]. The zero-order valence-electron chi connectivity index (χ0n) is 24.5. The first-order chi connectivity index (χ1) is 21.0. The molecule has 0 amide bonds. The third kappa shape index (κ3) is 5.55. The molecule has 8 rings (SSSR count). The van der Waals surface area contributed by atoms with Gasteiger partial charge in [-0.2, -0.15) is 0 Å². The summed E-state index contributed by atoms with van der Waals surface area (Å²) in [5, 5.41) is 2.02. The smallest absolute Gasteiger partial charge is 0.501 e. The third-order valence-corrected chi connectivity index (χ3v) is 7.60. The molecule has 0 aliphatic carbocycles. The van der Waals surface area contributed by atoms with Gasteiger partial charge in [-0.1, -0.05) is 64.9 Å². The Kier molecular flexibility index (Phi) is 8.15. The first-order valence-electron chi connectivity index (χ1n) is 14.2. The molecule has 0 spiro atoms. The van der Waals surface area contributed by atoms with Crippen molar-refractivity contribution in [3.63, 3.8) is 0 Å². The average molecular weight is 749 g/mol. The molecule has 4 aromatic carbocycles. The number of rotatable bonds is 3. The van der Waals surface area contributed by atoms with Crippen LogP contribution in [-0.4, -0.2) is 16.0 Å². The van der Waals surface area contributed by atoms with Crippen molar-refractivity contribution < 1.29 is 24.5 Å². The normalized spacial score (nSPS) is 11.7. The van der Waals surface area contributed by atoms with Crippen molar-refractivity contribution in [3.05, 3.63) is 144 Å². The Morgan fingerprint density at radius 1 is 0.705 bits per heavy atom. The Morgan fingerprint density at radius 3 is 2.23 bits per heavy atom. The van der Waals surface area contributed by atoms with Gasteiger partial charge in [0.2, 0.25) is 11.4 Å². The van der Waals surface area contributed by atoms with Crippen LogP contribution in [0.4, 0.5) is 22.7 Å². The van der Waals surface area contributed by atoms with Crippen LogP contribution >= 0.6 is 0 Å². The number of para-hydroxylation sites is 3. The van der Waals surface area contributed by atoms with E-state index in [4.69, 9.17) is 4.42 Å². The molecule has 0 atom stereocenters. The maximum absolute atomic E-state index is 5.84. The molecule has 0 fully saturated rings. The molecule has 0 bridgehead atoms. The Labute approximate surface area is 269 Å². The maximum atomic E-state index is 5.84. The molecule has 1 aliphatic heterocycles. The van der Waals surface area contributed by atoms with Crippen LogP contribution in [0.25, 0.3) is 33.3 Å². The Bertz CT molecular complexity index is 2200.